The predicted octanol–water partition coefficient (Wildman–Crippen LogP) is 3.70. The van der Waals surface area contributed by atoms with E-state index < -0.39 is 0 Å². The molecular formula is C19H24N6S. The summed E-state index contributed by atoms with van der Waals surface area (Å²) in [4.78, 5) is 11.7. The molecule has 136 valence electrons. The molecule has 4 rings (SSSR count). The molecule has 6 nitrogen and oxygen atoms in total. The number of hydrogen-bond donors (Lipinski definition) is 1. The molecule has 1 aliphatic rings. The van der Waals surface area contributed by atoms with E-state index >= 15 is 0 Å². The molecule has 0 amide bonds. The van der Waals surface area contributed by atoms with Crippen LogP contribution in [0, 0.1) is 6.92 Å². The van der Waals surface area contributed by atoms with Crippen LogP contribution in [0.5, 0.6) is 0 Å². The predicted molar refractivity (Wildman–Crippen MR) is 105 cm³/mol. The lowest BCUT2D eigenvalue weighted by atomic mass is 9.95. The third-order valence-corrected chi connectivity index (χ3v) is 5.68. The molecule has 1 aliphatic heterocycles. The highest BCUT2D eigenvalue weighted by Gasteiger charge is 2.24. The van der Waals surface area contributed by atoms with E-state index in [2.05, 4.69) is 37.8 Å². The zero-order chi connectivity index (χ0) is 17.9. The molecule has 0 unspecified atom stereocenters. The molecule has 3 aromatic rings. The molecule has 1 N–H and O–H groups in total. The van der Waals surface area contributed by atoms with Crippen LogP contribution in [0.1, 0.15) is 35.7 Å². The van der Waals surface area contributed by atoms with Crippen LogP contribution in [-0.2, 0) is 13.6 Å². The van der Waals surface area contributed by atoms with Gasteiger partial charge in [-0.05, 0) is 44.0 Å². The van der Waals surface area contributed by atoms with Crippen molar-refractivity contribution >= 4 is 22.3 Å². The molecule has 4 heterocycles. The average molecular weight is 369 g/mol. The molecule has 0 bridgehead atoms. The number of rotatable bonds is 5. The topological polar surface area (TPSA) is 58.9 Å². The fourth-order valence-electron chi connectivity index (χ4n) is 3.41. The Morgan fingerprint density at radius 2 is 2.23 bits per heavy atom. The highest BCUT2D eigenvalue weighted by atomic mass is 32.1. The van der Waals surface area contributed by atoms with Crippen molar-refractivity contribution in [2.45, 2.75) is 32.2 Å². The Bertz CT molecular complexity index is 853. The van der Waals surface area contributed by atoms with E-state index in [1.807, 2.05) is 37.1 Å². The second-order valence-corrected chi connectivity index (χ2v) is 7.80. The Labute approximate surface area is 157 Å². The summed E-state index contributed by atoms with van der Waals surface area (Å²) in [6, 6.07) is 6.15. The maximum Gasteiger partial charge on any atom is 0.188 e. The fraction of sp³-hybridized carbons (Fsp3) is 0.421. The van der Waals surface area contributed by atoms with E-state index in [1.165, 1.54) is 24.2 Å². The van der Waals surface area contributed by atoms with Crippen molar-refractivity contribution in [3.63, 3.8) is 0 Å². The van der Waals surface area contributed by atoms with E-state index in [0.717, 1.165) is 36.1 Å². The summed E-state index contributed by atoms with van der Waals surface area (Å²) in [6.07, 6.45) is 6.15. The van der Waals surface area contributed by atoms with Crippen molar-refractivity contribution in [1.29, 1.82) is 0 Å². The third kappa shape index (κ3) is 3.94. The van der Waals surface area contributed by atoms with Gasteiger partial charge in [-0.2, -0.15) is 5.10 Å². The number of pyridine rings is 1. The number of anilines is 2. The zero-order valence-corrected chi connectivity index (χ0v) is 16.0. The van der Waals surface area contributed by atoms with Gasteiger partial charge < -0.3 is 5.32 Å². The Morgan fingerprint density at radius 3 is 3.00 bits per heavy atom. The molecule has 1 fully saturated rings. The summed E-state index contributed by atoms with van der Waals surface area (Å²) >= 11 is 1.66. The highest BCUT2D eigenvalue weighted by Crippen LogP contribution is 2.31. The molecule has 1 atom stereocenters. The van der Waals surface area contributed by atoms with Crippen molar-refractivity contribution in [3.8, 4) is 0 Å². The van der Waals surface area contributed by atoms with Crippen LogP contribution in [-0.4, -0.2) is 37.7 Å². The van der Waals surface area contributed by atoms with Crippen molar-refractivity contribution in [2.75, 3.05) is 18.4 Å². The first-order valence-corrected chi connectivity index (χ1v) is 9.89. The van der Waals surface area contributed by atoms with Gasteiger partial charge in [0, 0.05) is 43.8 Å². The lowest BCUT2D eigenvalue weighted by Crippen LogP contribution is -2.34. The van der Waals surface area contributed by atoms with E-state index in [9.17, 15) is 0 Å². The normalized spacial score (nSPS) is 18.2. The van der Waals surface area contributed by atoms with Gasteiger partial charge in [-0.25, -0.2) is 9.97 Å². The zero-order valence-electron chi connectivity index (χ0n) is 15.2. The van der Waals surface area contributed by atoms with Crippen LogP contribution in [0.2, 0.25) is 0 Å². The summed E-state index contributed by atoms with van der Waals surface area (Å²) in [7, 11) is 2.01. The fourth-order valence-corrected chi connectivity index (χ4v) is 4.21. The lowest BCUT2D eigenvalue weighted by Gasteiger charge is -2.31. The van der Waals surface area contributed by atoms with Crippen molar-refractivity contribution < 1.29 is 0 Å². The minimum Gasteiger partial charge on any atom is -0.316 e. The van der Waals surface area contributed by atoms with Gasteiger partial charge in [0.1, 0.15) is 5.82 Å². The maximum atomic E-state index is 4.82. The van der Waals surface area contributed by atoms with E-state index in [0.29, 0.717) is 5.92 Å². The van der Waals surface area contributed by atoms with Gasteiger partial charge in [-0.15, -0.1) is 11.3 Å². The summed E-state index contributed by atoms with van der Waals surface area (Å²) in [5.74, 6) is 1.34. The van der Waals surface area contributed by atoms with Crippen LogP contribution in [0.15, 0.2) is 36.0 Å². The van der Waals surface area contributed by atoms with Gasteiger partial charge in [-0.3, -0.25) is 9.58 Å². The first kappa shape index (κ1) is 17.2. The minimum absolute atomic E-state index is 0.495. The average Bonchev–Trinajstić information content (AvgIpc) is 3.27. The Kier molecular flexibility index (Phi) is 4.99. The Balaban J connectivity index is 1.40. The van der Waals surface area contributed by atoms with Gasteiger partial charge >= 0.3 is 0 Å². The van der Waals surface area contributed by atoms with Crippen LogP contribution in [0.25, 0.3) is 0 Å². The van der Waals surface area contributed by atoms with E-state index in [-0.39, 0.29) is 0 Å². The number of aryl methyl sites for hydroxylation is 2. The number of nitrogens with one attached hydrogen (secondary N) is 1. The molecule has 3 aromatic heterocycles. The van der Waals surface area contributed by atoms with Crippen LogP contribution >= 0.6 is 11.3 Å². The second-order valence-electron chi connectivity index (χ2n) is 6.94. The molecular weight excluding hydrogens is 344 g/mol. The highest BCUT2D eigenvalue weighted by molar-refractivity contribution is 7.13. The first-order chi connectivity index (χ1) is 12.7. The minimum atomic E-state index is 0.495. The smallest absolute Gasteiger partial charge is 0.188 e. The third-order valence-electron chi connectivity index (χ3n) is 4.90. The Hall–Kier alpha value is -2.25. The van der Waals surface area contributed by atoms with Crippen molar-refractivity contribution in [3.05, 3.63) is 52.9 Å². The molecule has 0 spiro atoms. The van der Waals surface area contributed by atoms with Gasteiger partial charge in [0.25, 0.3) is 0 Å². The molecule has 0 radical (unpaired) electrons. The summed E-state index contributed by atoms with van der Waals surface area (Å²) in [5.41, 5.74) is 3.61. The number of piperidine rings is 1. The van der Waals surface area contributed by atoms with Crippen LogP contribution < -0.4 is 5.32 Å². The van der Waals surface area contributed by atoms with E-state index in [4.69, 9.17) is 4.98 Å². The summed E-state index contributed by atoms with van der Waals surface area (Å²) < 4.78 is 1.96. The van der Waals surface area contributed by atoms with Gasteiger partial charge in [0.2, 0.25) is 0 Å². The van der Waals surface area contributed by atoms with Crippen molar-refractivity contribution in [1.82, 2.24) is 24.6 Å². The standard InChI is InChI=1S/C19H24N6S/c1-14-5-6-18(20-10-14)23-19-22-17(13-26-19)15-4-3-9-25(11-15)12-16-7-8-21-24(16)2/h5-8,10,13,15H,3-4,9,11-12H2,1-2H3,(H,20,22,23)/t15-/m0/s1. The van der Waals surface area contributed by atoms with Gasteiger partial charge in [-0.1, -0.05) is 6.07 Å². The quantitative estimate of drug-likeness (QED) is 0.744. The maximum absolute atomic E-state index is 4.82. The molecule has 0 saturated carbocycles. The largest absolute Gasteiger partial charge is 0.316 e. The number of aromatic nitrogens is 4. The number of nitrogens with zero attached hydrogens (tertiary/aromatic N) is 5. The Morgan fingerprint density at radius 1 is 1.31 bits per heavy atom. The van der Waals surface area contributed by atoms with E-state index in [1.54, 1.807) is 11.3 Å². The summed E-state index contributed by atoms with van der Waals surface area (Å²) in [5, 5.41) is 10.7. The monoisotopic (exact) mass is 368 g/mol. The molecule has 7 heteroatoms. The van der Waals surface area contributed by atoms with Crippen molar-refractivity contribution in [2.24, 2.45) is 7.05 Å². The van der Waals surface area contributed by atoms with Crippen LogP contribution in [0.4, 0.5) is 10.9 Å². The molecule has 0 aromatic carbocycles. The summed E-state index contributed by atoms with van der Waals surface area (Å²) in [6.45, 7) is 5.19. The van der Waals surface area contributed by atoms with Crippen LogP contribution in [0.3, 0.4) is 0 Å². The molecule has 1 saturated heterocycles. The molecule has 0 aliphatic carbocycles. The number of hydrogen-bond acceptors (Lipinski definition) is 6. The van der Waals surface area contributed by atoms with Gasteiger partial charge in [0.15, 0.2) is 5.13 Å². The van der Waals surface area contributed by atoms with Gasteiger partial charge in [0.05, 0.1) is 11.4 Å². The molecule has 26 heavy (non-hydrogen) atoms. The first-order valence-electron chi connectivity index (χ1n) is 9.02. The second kappa shape index (κ2) is 7.55. The lowest BCUT2D eigenvalue weighted by molar-refractivity contribution is 0.194. The number of thiazole rings is 1. The SMILES string of the molecule is Cc1ccc(Nc2nc([C@H]3CCCN(Cc4ccnn4C)C3)cs2)nc1. The number of likely N-dealkylation sites (tertiary alicyclic amines) is 1.